The third kappa shape index (κ3) is 2.07. The summed E-state index contributed by atoms with van der Waals surface area (Å²) in [7, 11) is 0. The summed E-state index contributed by atoms with van der Waals surface area (Å²) in [6.45, 7) is 0.406. The van der Waals surface area contributed by atoms with Gasteiger partial charge >= 0.3 is 0 Å². The normalized spacial score (nSPS) is 17.7. The van der Waals surface area contributed by atoms with E-state index in [1.165, 1.54) is 0 Å². The Morgan fingerprint density at radius 1 is 1.44 bits per heavy atom. The van der Waals surface area contributed by atoms with Crippen molar-refractivity contribution < 1.29 is 9.53 Å². The molecular formula is C13H13N3O2. The molecule has 5 heteroatoms. The number of anilines is 1. The highest BCUT2D eigenvalue weighted by molar-refractivity contribution is 5.91. The lowest BCUT2D eigenvalue weighted by atomic mass is 9.96. The predicted molar refractivity (Wildman–Crippen MR) is 66.3 cm³/mol. The predicted octanol–water partition coefficient (Wildman–Crippen LogP) is 1.60. The number of para-hydroxylation sites is 1. The molecule has 1 unspecified atom stereocenters. The molecule has 1 aliphatic rings. The molecule has 0 radical (unpaired) electrons. The summed E-state index contributed by atoms with van der Waals surface area (Å²) in [5.74, 6) is 1.10. The van der Waals surface area contributed by atoms with Gasteiger partial charge in [0.05, 0.1) is 5.92 Å². The van der Waals surface area contributed by atoms with Gasteiger partial charge in [-0.05, 0) is 18.1 Å². The van der Waals surface area contributed by atoms with Crippen LogP contribution in [0.25, 0.3) is 0 Å². The molecule has 5 nitrogen and oxygen atoms in total. The minimum atomic E-state index is -0.176. The fourth-order valence-corrected chi connectivity index (χ4v) is 2.05. The Morgan fingerprint density at radius 2 is 2.33 bits per heavy atom. The Hall–Kier alpha value is -2.30. The Morgan fingerprint density at radius 3 is 3.17 bits per heavy atom. The third-order valence-corrected chi connectivity index (χ3v) is 2.99. The van der Waals surface area contributed by atoms with Gasteiger partial charge in [-0.1, -0.05) is 18.2 Å². The van der Waals surface area contributed by atoms with Crippen molar-refractivity contribution in [3.05, 3.63) is 42.2 Å². The number of carbonyl (C=O) groups excluding carboxylic acids is 1. The fourth-order valence-electron chi connectivity index (χ4n) is 2.05. The molecule has 2 N–H and O–H groups in total. The molecule has 0 aliphatic carbocycles. The van der Waals surface area contributed by atoms with E-state index in [0.717, 1.165) is 11.3 Å². The zero-order valence-electron chi connectivity index (χ0n) is 9.72. The topological polar surface area (TPSA) is 67.0 Å². The Balaban J connectivity index is 1.70. The molecule has 2 heterocycles. The zero-order chi connectivity index (χ0) is 12.4. The Labute approximate surface area is 104 Å². The summed E-state index contributed by atoms with van der Waals surface area (Å²) in [6.07, 6.45) is 3.97. The SMILES string of the molecule is O=C(Nc1ncc[nH]1)C1COc2ccccc2C1. The van der Waals surface area contributed by atoms with Crippen molar-refractivity contribution in [2.24, 2.45) is 5.92 Å². The highest BCUT2D eigenvalue weighted by Gasteiger charge is 2.26. The van der Waals surface area contributed by atoms with Gasteiger partial charge < -0.3 is 9.72 Å². The number of ether oxygens (including phenoxy) is 1. The number of nitrogens with zero attached hydrogens (tertiary/aromatic N) is 1. The lowest BCUT2D eigenvalue weighted by Gasteiger charge is -2.24. The number of nitrogens with one attached hydrogen (secondary N) is 2. The molecule has 0 saturated heterocycles. The first-order chi connectivity index (χ1) is 8.83. The molecule has 1 aromatic carbocycles. The van der Waals surface area contributed by atoms with Crippen LogP contribution in [0.4, 0.5) is 5.95 Å². The van der Waals surface area contributed by atoms with Crippen LogP contribution in [0.2, 0.25) is 0 Å². The van der Waals surface area contributed by atoms with E-state index < -0.39 is 0 Å². The van der Waals surface area contributed by atoms with Crippen molar-refractivity contribution in [1.29, 1.82) is 0 Å². The minimum Gasteiger partial charge on any atom is -0.492 e. The van der Waals surface area contributed by atoms with Crippen molar-refractivity contribution in [2.45, 2.75) is 6.42 Å². The van der Waals surface area contributed by atoms with Crippen LogP contribution in [0.1, 0.15) is 5.56 Å². The molecular weight excluding hydrogens is 230 g/mol. The van der Waals surface area contributed by atoms with E-state index in [0.29, 0.717) is 19.0 Å². The smallest absolute Gasteiger partial charge is 0.233 e. The van der Waals surface area contributed by atoms with E-state index in [4.69, 9.17) is 4.74 Å². The van der Waals surface area contributed by atoms with Crippen LogP contribution in [-0.4, -0.2) is 22.5 Å². The molecule has 1 aromatic heterocycles. The van der Waals surface area contributed by atoms with E-state index in [1.807, 2.05) is 24.3 Å². The van der Waals surface area contributed by atoms with Crippen LogP contribution >= 0.6 is 0 Å². The molecule has 1 aliphatic heterocycles. The van der Waals surface area contributed by atoms with Crippen LogP contribution in [0.3, 0.4) is 0 Å². The monoisotopic (exact) mass is 243 g/mol. The number of aromatic amines is 1. The number of fused-ring (bicyclic) bond motifs is 1. The van der Waals surface area contributed by atoms with Gasteiger partial charge in [0.15, 0.2) is 0 Å². The summed E-state index contributed by atoms with van der Waals surface area (Å²) < 4.78 is 5.58. The number of H-pyrrole nitrogens is 1. The molecule has 3 rings (SSSR count). The largest absolute Gasteiger partial charge is 0.492 e. The summed E-state index contributed by atoms with van der Waals surface area (Å²) in [6, 6.07) is 7.80. The number of hydrogen-bond acceptors (Lipinski definition) is 3. The molecule has 0 bridgehead atoms. The second kappa shape index (κ2) is 4.52. The number of amides is 1. The number of hydrogen-bond donors (Lipinski definition) is 2. The lowest BCUT2D eigenvalue weighted by molar-refractivity contribution is -0.121. The van der Waals surface area contributed by atoms with Gasteiger partial charge in [0, 0.05) is 12.4 Å². The van der Waals surface area contributed by atoms with Crippen LogP contribution < -0.4 is 10.1 Å². The summed E-state index contributed by atoms with van der Waals surface area (Å²) in [5.41, 5.74) is 1.07. The van der Waals surface area contributed by atoms with E-state index >= 15 is 0 Å². The van der Waals surface area contributed by atoms with Crippen LogP contribution in [0.5, 0.6) is 5.75 Å². The molecule has 0 fully saturated rings. The van der Waals surface area contributed by atoms with Gasteiger partial charge in [-0.3, -0.25) is 10.1 Å². The third-order valence-electron chi connectivity index (χ3n) is 2.99. The van der Waals surface area contributed by atoms with Gasteiger partial charge in [0.1, 0.15) is 12.4 Å². The lowest BCUT2D eigenvalue weighted by Crippen LogP contribution is -2.32. The Kier molecular flexibility index (Phi) is 2.72. The highest BCUT2D eigenvalue weighted by atomic mass is 16.5. The van der Waals surface area contributed by atoms with Crippen molar-refractivity contribution >= 4 is 11.9 Å². The van der Waals surface area contributed by atoms with Crippen LogP contribution in [0, 0.1) is 5.92 Å². The first-order valence-corrected chi connectivity index (χ1v) is 5.84. The zero-order valence-corrected chi connectivity index (χ0v) is 9.72. The van der Waals surface area contributed by atoms with E-state index in [2.05, 4.69) is 15.3 Å². The van der Waals surface area contributed by atoms with E-state index in [9.17, 15) is 4.79 Å². The highest BCUT2D eigenvalue weighted by Crippen LogP contribution is 2.27. The maximum Gasteiger partial charge on any atom is 0.233 e. The standard InChI is InChI=1S/C13H13N3O2/c17-12(16-13-14-5-6-15-13)10-7-9-3-1-2-4-11(9)18-8-10/h1-6,10H,7-8H2,(H2,14,15,16,17). The summed E-state index contributed by atoms with van der Waals surface area (Å²) in [4.78, 5) is 18.8. The van der Waals surface area contributed by atoms with Crippen LogP contribution in [-0.2, 0) is 11.2 Å². The quantitative estimate of drug-likeness (QED) is 0.841. The first kappa shape index (κ1) is 10.8. The average molecular weight is 243 g/mol. The minimum absolute atomic E-state index is 0.0700. The maximum absolute atomic E-state index is 12.0. The molecule has 18 heavy (non-hydrogen) atoms. The van der Waals surface area contributed by atoms with Gasteiger partial charge in [0.2, 0.25) is 11.9 Å². The second-order valence-corrected chi connectivity index (χ2v) is 4.25. The number of imidazole rings is 1. The van der Waals surface area contributed by atoms with Crippen molar-refractivity contribution in [1.82, 2.24) is 9.97 Å². The second-order valence-electron chi connectivity index (χ2n) is 4.25. The number of benzene rings is 1. The summed E-state index contributed by atoms with van der Waals surface area (Å²) in [5, 5.41) is 2.74. The number of carbonyl (C=O) groups is 1. The van der Waals surface area contributed by atoms with Crippen molar-refractivity contribution in [3.8, 4) is 5.75 Å². The van der Waals surface area contributed by atoms with Gasteiger partial charge in [0.25, 0.3) is 0 Å². The molecule has 0 spiro atoms. The molecule has 1 atom stereocenters. The average Bonchev–Trinajstić information content (AvgIpc) is 2.91. The van der Waals surface area contributed by atoms with Crippen LogP contribution in [0.15, 0.2) is 36.7 Å². The van der Waals surface area contributed by atoms with Crippen molar-refractivity contribution in [3.63, 3.8) is 0 Å². The van der Waals surface area contributed by atoms with E-state index in [1.54, 1.807) is 12.4 Å². The summed E-state index contributed by atoms with van der Waals surface area (Å²) >= 11 is 0. The molecule has 2 aromatic rings. The van der Waals surface area contributed by atoms with Crippen molar-refractivity contribution in [2.75, 3.05) is 11.9 Å². The van der Waals surface area contributed by atoms with Gasteiger partial charge in [-0.2, -0.15) is 0 Å². The molecule has 92 valence electrons. The maximum atomic E-state index is 12.0. The number of aromatic nitrogens is 2. The molecule has 1 amide bonds. The fraction of sp³-hybridized carbons (Fsp3) is 0.231. The van der Waals surface area contributed by atoms with Gasteiger partial charge in [-0.15, -0.1) is 0 Å². The Bertz CT molecular complexity index is 551. The number of rotatable bonds is 2. The molecule has 0 saturated carbocycles. The first-order valence-electron chi connectivity index (χ1n) is 5.84. The van der Waals surface area contributed by atoms with Gasteiger partial charge in [-0.25, -0.2) is 4.98 Å². The van der Waals surface area contributed by atoms with E-state index in [-0.39, 0.29) is 11.8 Å².